The lowest BCUT2D eigenvalue weighted by Crippen LogP contribution is -2.57. The predicted octanol–water partition coefficient (Wildman–Crippen LogP) is 4.19. The van der Waals surface area contributed by atoms with Crippen LogP contribution < -0.4 is 9.64 Å². The van der Waals surface area contributed by atoms with Crippen molar-refractivity contribution in [3.63, 3.8) is 0 Å². The summed E-state index contributed by atoms with van der Waals surface area (Å²) in [6.07, 6.45) is 9.65. The summed E-state index contributed by atoms with van der Waals surface area (Å²) in [4.78, 5) is 32.4. The van der Waals surface area contributed by atoms with Crippen LogP contribution in [0, 0.1) is 5.82 Å². The van der Waals surface area contributed by atoms with E-state index in [-0.39, 0.29) is 40.4 Å². The average molecular weight is 531 g/mol. The number of anilines is 1. The van der Waals surface area contributed by atoms with Gasteiger partial charge in [0.25, 0.3) is 0 Å². The van der Waals surface area contributed by atoms with Crippen LogP contribution in [0.15, 0.2) is 18.3 Å². The fourth-order valence-electron chi connectivity index (χ4n) is 6.23. The summed E-state index contributed by atoms with van der Waals surface area (Å²) in [6.45, 7) is 9.15. The highest BCUT2D eigenvalue weighted by Crippen LogP contribution is 2.40. The minimum atomic E-state index is -0.692. The quantitative estimate of drug-likeness (QED) is 0.430. The molecule has 2 bridgehead atoms. The van der Waals surface area contributed by atoms with Crippen molar-refractivity contribution >= 4 is 34.4 Å². The number of fused-ring (bicyclic) bond motifs is 4. The van der Waals surface area contributed by atoms with E-state index in [9.17, 15) is 4.79 Å². The van der Waals surface area contributed by atoms with Gasteiger partial charge in [0.15, 0.2) is 11.0 Å². The van der Waals surface area contributed by atoms with Gasteiger partial charge in [-0.3, -0.25) is 9.80 Å². The first-order chi connectivity index (χ1) is 17.6. The Kier molecular flexibility index (Phi) is 5.95. The van der Waals surface area contributed by atoms with E-state index in [1.807, 2.05) is 37.8 Å². The molecule has 2 aromatic rings. The van der Waals surface area contributed by atoms with Gasteiger partial charge in [0.2, 0.25) is 0 Å². The highest BCUT2D eigenvalue weighted by Gasteiger charge is 2.45. The van der Waals surface area contributed by atoms with Crippen LogP contribution in [0.3, 0.4) is 0 Å². The lowest BCUT2D eigenvalue weighted by molar-refractivity contribution is 0.0146. The number of pyridine rings is 1. The first-order valence-corrected chi connectivity index (χ1v) is 13.4. The normalized spacial score (nSPS) is 24.7. The summed E-state index contributed by atoms with van der Waals surface area (Å²) >= 11 is 6.02. The van der Waals surface area contributed by atoms with Crippen LogP contribution in [0.25, 0.3) is 10.9 Å². The van der Waals surface area contributed by atoms with E-state index in [0.717, 1.165) is 38.8 Å². The zero-order chi connectivity index (χ0) is 25.9. The first-order valence-electron chi connectivity index (χ1n) is 13.0. The number of carbonyl (C=O) groups excluding carboxylic acids is 1. The van der Waals surface area contributed by atoms with Crippen molar-refractivity contribution in [2.75, 3.05) is 37.7 Å². The number of hydrogen-bond donors (Lipinski definition) is 0. The maximum Gasteiger partial charge on any atom is 0.411 e. The standard InChI is InChI=1S/C26H32ClFN6O3/c1-25(2,3)37-24(35)34-16-6-7-17(34)14-32(13-16)22-18-12-29-21(27)19(28)20(18)30-23(31-22)36-15-26-8-4-10-33(26)11-5-9-26/h6-7,12,16-17H,4-5,8-11,13-15H2,1-3H3/t16-,17+. The maximum absolute atomic E-state index is 15.1. The van der Waals surface area contributed by atoms with Gasteiger partial charge in [-0.15, -0.1) is 0 Å². The van der Waals surface area contributed by atoms with Gasteiger partial charge in [-0.1, -0.05) is 23.8 Å². The molecule has 1 amide bonds. The number of halogens is 2. The van der Waals surface area contributed by atoms with Crippen molar-refractivity contribution in [1.82, 2.24) is 24.8 Å². The molecule has 4 aliphatic rings. The molecule has 37 heavy (non-hydrogen) atoms. The van der Waals surface area contributed by atoms with E-state index in [1.165, 1.54) is 6.20 Å². The van der Waals surface area contributed by atoms with Gasteiger partial charge in [-0.25, -0.2) is 14.2 Å². The highest BCUT2D eigenvalue weighted by molar-refractivity contribution is 6.30. The number of ether oxygens (including phenoxy) is 2. The third kappa shape index (κ3) is 4.37. The van der Waals surface area contributed by atoms with Crippen LogP contribution in [-0.2, 0) is 4.74 Å². The fourth-order valence-corrected chi connectivity index (χ4v) is 6.37. The van der Waals surface area contributed by atoms with Gasteiger partial charge in [-0.2, -0.15) is 9.97 Å². The molecular weight excluding hydrogens is 499 g/mol. The number of aromatic nitrogens is 3. The van der Waals surface area contributed by atoms with Gasteiger partial charge in [0, 0.05) is 19.3 Å². The van der Waals surface area contributed by atoms with Crippen LogP contribution >= 0.6 is 11.6 Å². The summed E-state index contributed by atoms with van der Waals surface area (Å²) < 4.78 is 27.0. The van der Waals surface area contributed by atoms with Crippen molar-refractivity contribution < 1.29 is 18.7 Å². The summed E-state index contributed by atoms with van der Waals surface area (Å²) in [5, 5.41) is 0.219. The number of rotatable bonds is 4. The van der Waals surface area contributed by atoms with E-state index in [0.29, 0.717) is 30.9 Å². The Morgan fingerprint density at radius 1 is 1.16 bits per heavy atom. The van der Waals surface area contributed by atoms with Crippen LogP contribution in [-0.4, -0.2) is 86.9 Å². The summed E-state index contributed by atoms with van der Waals surface area (Å²) in [7, 11) is 0. The zero-order valence-corrected chi connectivity index (χ0v) is 22.2. The van der Waals surface area contributed by atoms with Crippen LogP contribution in [0.5, 0.6) is 6.01 Å². The van der Waals surface area contributed by atoms with Crippen molar-refractivity contribution in [2.24, 2.45) is 0 Å². The Labute approximate surface area is 220 Å². The second-order valence-electron chi connectivity index (χ2n) is 11.5. The first kappa shape index (κ1) is 24.6. The van der Waals surface area contributed by atoms with Gasteiger partial charge >= 0.3 is 12.1 Å². The van der Waals surface area contributed by atoms with Gasteiger partial charge < -0.3 is 14.4 Å². The van der Waals surface area contributed by atoms with Crippen molar-refractivity contribution in [2.45, 2.75) is 69.7 Å². The summed E-state index contributed by atoms with van der Waals surface area (Å²) in [6, 6.07) is -0.262. The molecule has 0 unspecified atom stereocenters. The average Bonchev–Trinajstić information content (AvgIpc) is 3.49. The largest absolute Gasteiger partial charge is 0.461 e. The number of amides is 1. The smallest absolute Gasteiger partial charge is 0.411 e. The summed E-state index contributed by atoms with van der Waals surface area (Å²) in [5.74, 6) is -0.166. The van der Waals surface area contributed by atoms with Crippen molar-refractivity contribution in [3.05, 3.63) is 29.3 Å². The zero-order valence-electron chi connectivity index (χ0n) is 21.4. The van der Waals surface area contributed by atoms with Gasteiger partial charge in [-0.05, 0) is 59.5 Å². The fraction of sp³-hybridized carbons (Fsp3) is 0.615. The molecule has 2 aromatic heterocycles. The monoisotopic (exact) mass is 530 g/mol. The van der Waals surface area contributed by atoms with Crippen molar-refractivity contribution in [3.8, 4) is 6.01 Å². The molecular formula is C26H32ClFN6O3. The van der Waals surface area contributed by atoms with Crippen LogP contribution in [0.2, 0.25) is 5.15 Å². The molecule has 0 saturated carbocycles. The minimum Gasteiger partial charge on any atom is -0.461 e. The predicted molar refractivity (Wildman–Crippen MR) is 138 cm³/mol. The Morgan fingerprint density at radius 2 is 1.84 bits per heavy atom. The molecule has 2 atom stereocenters. The topological polar surface area (TPSA) is 83.9 Å². The Hall–Kier alpha value is -2.72. The van der Waals surface area contributed by atoms with E-state index in [1.54, 1.807) is 4.90 Å². The molecule has 0 aliphatic carbocycles. The lowest BCUT2D eigenvalue weighted by Gasteiger charge is -2.42. The number of carbonyl (C=O) groups is 1. The Morgan fingerprint density at radius 3 is 2.49 bits per heavy atom. The lowest BCUT2D eigenvalue weighted by atomic mass is 9.95. The van der Waals surface area contributed by atoms with Crippen LogP contribution in [0.1, 0.15) is 46.5 Å². The van der Waals surface area contributed by atoms with E-state index in [4.69, 9.17) is 26.1 Å². The molecule has 198 valence electrons. The second-order valence-corrected chi connectivity index (χ2v) is 11.8. The second kappa shape index (κ2) is 8.94. The van der Waals surface area contributed by atoms with E-state index in [2.05, 4.69) is 14.9 Å². The molecule has 3 saturated heterocycles. The molecule has 6 heterocycles. The number of nitrogens with zero attached hydrogens (tertiary/aromatic N) is 6. The third-order valence-corrected chi connectivity index (χ3v) is 8.13. The van der Waals surface area contributed by atoms with Crippen LogP contribution in [0.4, 0.5) is 15.0 Å². The molecule has 6 rings (SSSR count). The number of piperazine rings is 1. The Balaban J connectivity index is 1.30. The molecule has 9 nitrogen and oxygen atoms in total. The van der Waals surface area contributed by atoms with E-state index < -0.39 is 11.4 Å². The maximum atomic E-state index is 15.1. The Bertz CT molecular complexity index is 1240. The highest BCUT2D eigenvalue weighted by atomic mass is 35.5. The third-order valence-electron chi connectivity index (χ3n) is 7.87. The number of hydrogen-bond acceptors (Lipinski definition) is 8. The summed E-state index contributed by atoms with van der Waals surface area (Å²) in [5.41, 5.74) is -0.490. The molecule has 4 aliphatic heterocycles. The van der Waals surface area contributed by atoms with Gasteiger partial charge in [0.1, 0.15) is 23.5 Å². The molecule has 0 radical (unpaired) electrons. The van der Waals surface area contributed by atoms with E-state index >= 15 is 4.39 Å². The molecule has 0 N–H and O–H groups in total. The molecule has 0 spiro atoms. The molecule has 11 heteroatoms. The minimum absolute atomic E-state index is 0.00891. The SMILES string of the molecule is CC(C)(C)OC(=O)N1[C@@H]2C=C[C@H]1CN(c1nc(OCC34CCCN3CCC4)nc3c(F)c(Cl)ncc13)C2. The van der Waals surface area contributed by atoms with Crippen molar-refractivity contribution in [1.29, 1.82) is 0 Å². The molecule has 0 aromatic carbocycles. The van der Waals surface area contributed by atoms with Gasteiger partial charge in [0.05, 0.1) is 23.0 Å². The molecule has 3 fully saturated rings.